The summed E-state index contributed by atoms with van der Waals surface area (Å²) < 4.78 is 0. The highest BCUT2D eigenvalue weighted by Gasteiger charge is 2.50. The molecule has 2 bridgehead atoms. The van der Waals surface area contributed by atoms with Gasteiger partial charge in [0.15, 0.2) is 0 Å². The molecule has 2 fully saturated rings. The molecular weight excluding hydrogens is 246 g/mol. The average molecular weight is 263 g/mol. The van der Waals surface area contributed by atoms with Crippen LogP contribution in [0.1, 0.15) is 12.8 Å². The fourth-order valence-electron chi connectivity index (χ4n) is 2.79. The Morgan fingerprint density at radius 3 is 2.89 bits per heavy atom. The van der Waals surface area contributed by atoms with Gasteiger partial charge in [0.05, 0.1) is 13.2 Å². The lowest BCUT2D eigenvalue weighted by atomic mass is 9.96. The Balaban J connectivity index is 1.90. The molecule has 3 rings (SSSR count). The zero-order chi connectivity index (χ0) is 13.6. The molecule has 1 aliphatic carbocycles. The highest BCUT2D eigenvalue weighted by atomic mass is 16.7. The third kappa shape index (κ3) is 1.92. The summed E-state index contributed by atoms with van der Waals surface area (Å²) in [5.74, 6) is -0.0229. The fourth-order valence-corrected chi connectivity index (χ4v) is 2.79. The Kier molecular flexibility index (Phi) is 2.82. The summed E-state index contributed by atoms with van der Waals surface area (Å²) >= 11 is 0. The molecule has 2 N–H and O–H groups in total. The molecule has 2 atom stereocenters. The molecule has 1 saturated carbocycles. The van der Waals surface area contributed by atoms with E-state index in [2.05, 4.69) is 6.58 Å². The van der Waals surface area contributed by atoms with Crippen LogP contribution in [0.15, 0.2) is 24.3 Å². The molecule has 0 radical (unpaired) electrons. The molecule has 2 heterocycles. The maximum absolute atomic E-state index is 12.2. The quantitative estimate of drug-likeness (QED) is 0.730. The predicted molar refractivity (Wildman–Crippen MR) is 67.7 cm³/mol. The van der Waals surface area contributed by atoms with Crippen LogP contribution in [0.4, 0.5) is 4.79 Å². The Bertz CT molecular complexity index is 470. The highest BCUT2D eigenvalue weighted by Crippen LogP contribution is 2.44. The molecule has 2 aliphatic heterocycles. The van der Waals surface area contributed by atoms with Crippen LogP contribution in [0.25, 0.3) is 0 Å². The topological polar surface area (TPSA) is 75.9 Å². The normalized spacial score (nSPS) is 29.5. The van der Waals surface area contributed by atoms with Gasteiger partial charge in [-0.2, -0.15) is 5.06 Å². The van der Waals surface area contributed by atoms with Crippen LogP contribution < -0.4 is 5.73 Å². The van der Waals surface area contributed by atoms with Gasteiger partial charge < -0.3 is 10.6 Å². The largest absolute Gasteiger partial charge is 0.368 e. The van der Waals surface area contributed by atoms with Gasteiger partial charge in [0, 0.05) is 0 Å². The SMILES string of the molecule is C=CCON1C(=O)N2C[C@H]1C(C1CC1)=C[C@H]2C(N)=O. The highest BCUT2D eigenvalue weighted by molar-refractivity contribution is 5.90. The Morgan fingerprint density at radius 1 is 1.58 bits per heavy atom. The number of carbonyl (C=O) groups excluding carboxylic acids is 2. The number of nitrogens with two attached hydrogens (primary N) is 1. The number of nitrogens with zero attached hydrogens (tertiary/aromatic N) is 2. The van der Waals surface area contributed by atoms with E-state index >= 15 is 0 Å². The van der Waals surface area contributed by atoms with E-state index in [0.717, 1.165) is 18.4 Å². The minimum atomic E-state index is -0.642. The van der Waals surface area contributed by atoms with Crippen molar-refractivity contribution in [2.45, 2.75) is 24.9 Å². The third-order valence-electron chi connectivity index (χ3n) is 3.83. The van der Waals surface area contributed by atoms with E-state index < -0.39 is 11.9 Å². The van der Waals surface area contributed by atoms with Crippen molar-refractivity contribution in [2.24, 2.45) is 11.7 Å². The first-order chi connectivity index (χ1) is 9.13. The molecule has 0 spiro atoms. The molecule has 0 aromatic heterocycles. The van der Waals surface area contributed by atoms with E-state index in [9.17, 15) is 9.59 Å². The van der Waals surface area contributed by atoms with E-state index in [1.807, 2.05) is 6.08 Å². The maximum Gasteiger partial charge on any atom is 0.345 e. The lowest BCUT2D eigenvalue weighted by Gasteiger charge is -2.27. The average Bonchev–Trinajstić information content (AvgIpc) is 3.18. The van der Waals surface area contributed by atoms with Crippen LogP contribution in [-0.4, -0.2) is 47.1 Å². The third-order valence-corrected chi connectivity index (χ3v) is 3.83. The number of hydrogen-bond acceptors (Lipinski definition) is 3. The smallest absolute Gasteiger partial charge is 0.345 e. The van der Waals surface area contributed by atoms with Crippen molar-refractivity contribution in [1.82, 2.24) is 9.96 Å². The van der Waals surface area contributed by atoms with Crippen molar-refractivity contribution < 1.29 is 14.4 Å². The second kappa shape index (κ2) is 4.38. The first-order valence-corrected chi connectivity index (χ1v) is 6.48. The van der Waals surface area contributed by atoms with Gasteiger partial charge in [-0.1, -0.05) is 12.2 Å². The minimum Gasteiger partial charge on any atom is -0.368 e. The maximum atomic E-state index is 12.2. The van der Waals surface area contributed by atoms with Crippen LogP contribution in [0.5, 0.6) is 0 Å². The van der Waals surface area contributed by atoms with E-state index in [-0.39, 0.29) is 18.7 Å². The Labute approximate surface area is 111 Å². The lowest BCUT2D eigenvalue weighted by Crippen LogP contribution is -2.46. The minimum absolute atomic E-state index is 0.0875. The first-order valence-electron chi connectivity index (χ1n) is 6.48. The van der Waals surface area contributed by atoms with Crippen LogP contribution in [0.2, 0.25) is 0 Å². The van der Waals surface area contributed by atoms with Crippen molar-refractivity contribution in [1.29, 1.82) is 0 Å². The van der Waals surface area contributed by atoms with Crippen molar-refractivity contribution in [3.05, 3.63) is 24.3 Å². The molecular formula is C13H17N3O3. The number of fused-ring (bicyclic) bond motifs is 2. The summed E-state index contributed by atoms with van der Waals surface area (Å²) in [4.78, 5) is 30.7. The number of primary amides is 1. The van der Waals surface area contributed by atoms with Gasteiger partial charge in [-0.3, -0.25) is 9.63 Å². The number of hydrogen-bond donors (Lipinski definition) is 1. The van der Waals surface area contributed by atoms with Gasteiger partial charge in [-0.25, -0.2) is 4.79 Å². The van der Waals surface area contributed by atoms with Gasteiger partial charge in [-0.05, 0) is 24.3 Å². The monoisotopic (exact) mass is 263 g/mol. The number of urea groups is 1. The van der Waals surface area contributed by atoms with E-state index in [4.69, 9.17) is 10.6 Å². The van der Waals surface area contributed by atoms with Gasteiger partial charge in [0.2, 0.25) is 5.91 Å². The van der Waals surface area contributed by atoms with Crippen LogP contribution in [0, 0.1) is 5.92 Å². The fraction of sp³-hybridized carbons (Fsp3) is 0.538. The standard InChI is InChI=1S/C13H17N3O3/c1-2-5-19-16-11-7-15(13(16)18)10(12(14)17)6-9(11)8-3-4-8/h2,6,8,10-11H,1,3-5,7H2,(H2,14,17)/t10-,11-/m0/s1. The molecule has 0 aromatic carbocycles. The summed E-state index contributed by atoms with van der Waals surface area (Å²) in [6, 6.07) is -1.02. The second-order valence-corrected chi connectivity index (χ2v) is 5.15. The molecule has 1 saturated heterocycles. The summed E-state index contributed by atoms with van der Waals surface area (Å²) in [6.45, 7) is 4.33. The molecule has 3 amide bonds. The summed E-state index contributed by atoms with van der Waals surface area (Å²) in [5.41, 5.74) is 6.51. The summed E-state index contributed by atoms with van der Waals surface area (Å²) in [6.07, 6.45) is 5.66. The van der Waals surface area contributed by atoms with Gasteiger partial charge in [-0.15, -0.1) is 6.58 Å². The first kappa shape index (κ1) is 12.2. The molecule has 0 aromatic rings. The van der Waals surface area contributed by atoms with Crippen LogP contribution in [0.3, 0.4) is 0 Å². The Hall–Kier alpha value is -1.82. The zero-order valence-electron chi connectivity index (χ0n) is 10.6. The van der Waals surface area contributed by atoms with Crippen molar-refractivity contribution in [3.8, 4) is 0 Å². The molecule has 3 aliphatic rings. The Morgan fingerprint density at radius 2 is 2.32 bits per heavy atom. The molecule has 6 nitrogen and oxygen atoms in total. The van der Waals surface area contributed by atoms with Crippen LogP contribution in [-0.2, 0) is 9.63 Å². The van der Waals surface area contributed by atoms with E-state index in [0.29, 0.717) is 12.5 Å². The number of amides is 3. The molecule has 6 heteroatoms. The molecule has 19 heavy (non-hydrogen) atoms. The van der Waals surface area contributed by atoms with Crippen molar-refractivity contribution in [3.63, 3.8) is 0 Å². The lowest BCUT2D eigenvalue weighted by molar-refractivity contribution is -0.121. The molecule has 102 valence electrons. The van der Waals surface area contributed by atoms with Crippen molar-refractivity contribution in [2.75, 3.05) is 13.2 Å². The predicted octanol–water partition coefficient (Wildman–Crippen LogP) is 0.414. The van der Waals surface area contributed by atoms with E-state index in [1.165, 1.54) is 9.96 Å². The summed E-state index contributed by atoms with van der Waals surface area (Å²) in [7, 11) is 0. The van der Waals surface area contributed by atoms with Gasteiger partial charge in [0.1, 0.15) is 12.1 Å². The van der Waals surface area contributed by atoms with Gasteiger partial charge in [0.25, 0.3) is 0 Å². The van der Waals surface area contributed by atoms with Crippen molar-refractivity contribution >= 4 is 11.9 Å². The number of carbonyl (C=O) groups is 2. The second-order valence-electron chi connectivity index (χ2n) is 5.15. The number of hydroxylamine groups is 2. The van der Waals surface area contributed by atoms with Gasteiger partial charge >= 0.3 is 6.03 Å². The zero-order valence-corrected chi connectivity index (χ0v) is 10.6. The van der Waals surface area contributed by atoms with Crippen LogP contribution >= 0.6 is 0 Å². The summed E-state index contributed by atoms with van der Waals surface area (Å²) in [5, 5.41) is 1.37. The molecule has 0 unspecified atom stereocenters. The van der Waals surface area contributed by atoms with E-state index in [1.54, 1.807) is 6.08 Å². The number of rotatable bonds is 5.